The van der Waals surface area contributed by atoms with E-state index in [4.69, 9.17) is 9.72 Å². The number of aliphatic hydroxyl groups is 1. The van der Waals surface area contributed by atoms with Crippen LogP contribution in [0.25, 0.3) is 27.5 Å². The second kappa shape index (κ2) is 11.4. The first-order valence-electron chi connectivity index (χ1n) is 12.5. The van der Waals surface area contributed by atoms with Crippen molar-refractivity contribution in [3.8, 4) is 27.7 Å². The fourth-order valence-electron chi connectivity index (χ4n) is 4.03. The molecule has 37 heavy (non-hydrogen) atoms. The van der Waals surface area contributed by atoms with Gasteiger partial charge in [-0.1, -0.05) is 19.9 Å². The van der Waals surface area contributed by atoms with Crippen molar-refractivity contribution in [2.45, 2.75) is 46.3 Å². The van der Waals surface area contributed by atoms with Crippen molar-refractivity contribution in [1.29, 1.82) is 0 Å². The van der Waals surface area contributed by atoms with Gasteiger partial charge in [0.05, 0.1) is 33.6 Å². The summed E-state index contributed by atoms with van der Waals surface area (Å²) in [7, 11) is 0. The van der Waals surface area contributed by atoms with E-state index in [0.717, 1.165) is 23.7 Å². The lowest BCUT2D eigenvalue weighted by Gasteiger charge is -2.26. The highest BCUT2D eigenvalue weighted by Crippen LogP contribution is 2.29. The van der Waals surface area contributed by atoms with E-state index in [1.807, 2.05) is 29.8 Å². The molecule has 0 spiro atoms. The number of hydrogen-bond donors (Lipinski definition) is 2. The quantitative estimate of drug-likeness (QED) is 0.305. The van der Waals surface area contributed by atoms with Gasteiger partial charge in [-0.2, -0.15) is 5.10 Å². The third-order valence-electron chi connectivity index (χ3n) is 6.05. The van der Waals surface area contributed by atoms with E-state index in [-0.39, 0.29) is 24.4 Å². The molecule has 0 saturated carbocycles. The number of pyridine rings is 1. The van der Waals surface area contributed by atoms with Crippen molar-refractivity contribution in [1.82, 2.24) is 29.8 Å². The summed E-state index contributed by atoms with van der Waals surface area (Å²) in [4.78, 5) is 26.0. The molecule has 0 fully saturated rings. The Morgan fingerprint density at radius 2 is 2.00 bits per heavy atom. The first-order chi connectivity index (χ1) is 17.7. The van der Waals surface area contributed by atoms with Crippen molar-refractivity contribution in [2.75, 3.05) is 26.2 Å². The van der Waals surface area contributed by atoms with Gasteiger partial charge >= 0.3 is 0 Å². The fraction of sp³-hybridized carbons (Fsp3) is 0.407. The van der Waals surface area contributed by atoms with Crippen LogP contribution in [0.3, 0.4) is 0 Å². The maximum atomic E-state index is 13.2. The Kier molecular flexibility index (Phi) is 8.21. The number of amides is 1. The standard InChI is InChI=1S/C27H34N6O3S/c1-6-32(7-2)18(3)15-28-26(34)19-13-22(30-24(14-19)36-17-27(4,5)35)20-16-29-33-11-10-21(31-25(20)33)23-9-8-12-37-23/h8-14,16,18,35H,6-7,15,17H2,1-5H3,(H,28,34). The van der Waals surface area contributed by atoms with Crippen LogP contribution >= 0.6 is 11.3 Å². The molecule has 0 aliphatic heterocycles. The normalized spacial score (nSPS) is 12.7. The van der Waals surface area contributed by atoms with E-state index < -0.39 is 5.60 Å². The highest BCUT2D eigenvalue weighted by molar-refractivity contribution is 7.13. The highest BCUT2D eigenvalue weighted by atomic mass is 32.1. The number of carbonyl (C=O) groups excluding carboxylic acids is 1. The van der Waals surface area contributed by atoms with Gasteiger partial charge in [-0.25, -0.2) is 14.5 Å². The zero-order valence-electron chi connectivity index (χ0n) is 21.9. The van der Waals surface area contributed by atoms with Crippen LogP contribution < -0.4 is 10.1 Å². The van der Waals surface area contributed by atoms with Crippen LogP contribution in [0.2, 0.25) is 0 Å². The predicted octanol–water partition coefficient (Wildman–Crippen LogP) is 4.13. The van der Waals surface area contributed by atoms with Crippen molar-refractivity contribution >= 4 is 22.9 Å². The van der Waals surface area contributed by atoms with Crippen LogP contribution in [0.1, 0.15) is 45.0 Å². The van der Waals surface area contributed by atoms with Gasteiger partial charge in [-0.3, -0.25) is 9.69 Å². The number of fused-ring (bicyclic) bond motifs is 1. The van der Waals surface area contributed by atoms with Crippen molar-refractivity contribution < 1.29 is 14.6 Å². The van der Waals surface area contributed by atoms with Gasteiger partial charge in [0, 0.05) is 30.4 Å². The maximum Gasteiger partial charge on any atom is 0.251 e. The Morgan fingerprint density at radius 1 is 1.22 bits per heavy atom. The first kappa shape index (κ1) is 26.7. The number of ether oxygens (including phenoxy) is 1. The Morgan fingerprint density at radius 3 is 2.68 bits per heavy atom. The molecule has 2 N–H and O–H groups in total. The molecule has 1 unspecified atom stereocenters. The van der Waals surface area contributed by atoms with Crippen LogP contribution in [-0.4, -0.2) is 73.4 Å². The minimum atomic E-state index is -1.05. The zero-order valence-corrected chi connectivity index (χ0v) is 22.7. The third-order valence-corrected chi connectivity index (χ3v) is 6.94. The Labute approximate surface area is 221 Å². The summed E-state index contributed by atoms with van der Waals surface area (Å²) in [6.45, 7) is 12.0. The summed E-state index contributed by atoms with van der Waals surface area (Å²) in [6.07, 6.45) is 3.55. The van der Waals surface area contributed by atoms with E-state index >= 15 is 0 Å². The van der Waals surface area contributed by atoms with Gasteiger partial charge in [0.15, 0.2) is 5.65 Å². The second-order valence-electron chi connectivity index (χ2n) is 9.58. The number of nitrogens with zero attached hydrogens (tertiary/aromatic N) is 5. The number of likely N-dealkylation sites (N-methyl/N-ethyl adjacent to an activating group) is 1. The molecule has 4 aromatic heterocycles. The molecule has 9 nitrogen and oxygen atoms in total. The van der Waals surface area contributed by atoms with Crippen LogP contribution in [0.15, 0.2) is 48.1 Å². The summed E-state index contributed by atoms with van der Waals surface area (Å²) < 4.78 is 7.48. The summed E-state index contributed by atoms with van der Waals surface area (Å²) >= 11 is 1.61. The summed E-state index contributed by atoms with van der Waals surface area (Å²) in [5.74, 6) is 0.0230. The smallest absolute Gasteiger partial charge is 0.251 e. The summed E-state index contributed by atoms with van der Waals surface area (Å²) in [6, 6.07) is 9.45. The van der Waals surface area contributed by atoms with Crippen LogP contribution in [0.4, 0.5) is 0 Å². The summed E-state index contributed by atoms with van der Waals surface area (Å²) in [5.41, 5.74) is 2.01. The molecule has 0 bridgehead atoms. The molecule has 0 saturated heterocycles. The molecule has 0 aliphatic carbocycles. The van der Waals surface area contributed by atoms with Gasteiger partial charge in [0.1, 0.15) is 6.61 Å². The topological polar surface area (TPSA) is 105 Å². The second-order valence-corrected chi connectivity index (χ2v) is 10.5. The van der Waals surface area contributed by atoms with Gasteiger partial charge in [-0.15, -0.1) is 11.3 Å². The van der Waals surface area contributed by atoms with E-state index in [0.29, 0.717) is 29.0 Å². The lowest BCUT2D eigenvalue weighted by Crippen LogP contribution is -2.42. The molecular formula is C27H34N6O3S. The number of hydrogen-bond acceptors (Lipinski definition) is 8. The van der Waals surface area contributed by atoms with Crippen LogP contribution in [0.5, 0.6) is 5.88 Å². The molecule has 4 aromatic rings. The van der Waals surface area contributed by atoms with Crippen molar-refractivity contribution in [3.63, 3.8) is 0 Å². The van der Waals surface area contributed by atoms with E-state index in [2.05, 4.69) is 41.1 Å². The molecule has 10 heteroatoms. The predicted molar refractivity (Wildman–Crippen MR) is 146 cm³/mol. The van der Waals surface area contributed by atoms with E-state index in [1.54, 1.807) is 48.0 Å². The molecule has 4 heterocycles. The van der Waals surface area contributed by atoms with Gasteiger partial charge in [0.2, 0.25) is 5.88 Å². The number of aromatic nitrogens is 4. The fourth-order valence-corrected chi connectivity index (χ4v) is 4.72. The molecule has 4 rings (SSSR count). The SMILES string of the molecule is CCN(CC)C(C)CNC(=O)c1cc(OCC(C)(C)O)nc(-c2cnn3ccc(-c4cccs4)nc23)c1. The molecule has 0 radical (unpaired) electrons. The minimum absolute atomic E-state index is 0.0268. The largest absolute Gasteiger partial charge is 0.475 e. The number of thiophene rings is 1. The van der Waals surface area contributed by atoms with Crippen molar-refractivity contribution in [2.24, 2.45) is 0 Å². The van der Waals surface area contributed by atoms with E-state index in [9.17, 15) is 9.90 Å². The lowest BCUT2D eigenvalue weighted by molar-refractivity contribution is 0.0268. The monoisotopic (exact) mass is 522 g/mol. The number of nitrogens with one attached hydrogen (secondary N) is 1. The highest BCUT2D eigenvalue weighted by Gasteiger charge is 2.20. The van der Waals surface area contributed by atoms with Crippen molar-refractivity contribution in [3.05, 3.63) is 53.7 Å². The minimum Gasteiger partial charge on any atom is -0.475 e. The molecule has 1 amide bonds. The van der Waals surface area contributed by atoms with Gasteiger partial charge in [-0.05, 0) is 57.4 Å². The Hall–Kier alpha value is -3.34. The maximum absolute atomic E-state index is 13.2. The summed E-state index contributed by atoms with van der Waals surface area (Å²) in [5, 5.41) is 19.6. The average Bonchev–Trinajstić information content (AvgIpc) is 3.56. The third kappa shape index (κ3) is 6.51. The zero-order chi connectivity index (χ0) is 26.6. The van der Waals surface area contributed by atoms with E-state index in [1.165, 1.54) is 0 Å². The van der Waals surface area contributed by atoms with Gasteiger partial charge in [0.25, 0.3) is 5.91 Å². The number of rotatable bonds is 11. The molecule has 0 aromatic carbocycles. The van der Waals surface area contributed by atoms with Gasteiger partial charge < -0.3 is 15.2 Å². The molecule has 1 atom stereocenters. The number of carbonyl (C=O) groups is 1. The Balaban J connectivity index is 1.69. The average molecular weight is 523 g/mol. The van der Waals surface area contributed by atoms with Crippen LogP contribution in [0, 0.1) is 0 Å². The molecule has 0 aliphatic rings. The lowest BCUT2D eigenvalue weighted by atomic mass is 10.1. The molecular weight excluding hydrogens is 488 g/mol. The molecule has 196 valence electrons. The van der Waals surface area contributed by atoms with Crippen LogP contribution in [-0.2, 0) is 0 Å². The Bertz CT molecular complexity index is 1340. The first-order valence-corrected chi connectivity index (χ1v) is 13.3.